The minimum atomic E-state index is 0.0274. The summed E-state index contributed by atoms with van der Waals surface area (Å²) in [4.78, 5) is 14.4. The molecule has 1 unspecified atom stereocenters. The third kappa shape index (κ3) is 4.04. The molecule has 1 aliphatic heterocycles. The van der Waals surface area contributed by atoms with Crippen LogP contribution in [0.4, 0.5) is 0 Å². The lowest BCUT2D eigenvalue weighted by Crippen LogP contribution is -2.46. The molecule has 4 heteroatoms. The highest BCUT2D eigenvalue weighted by molar-refractivity contribution is 5.94. The number of likely N-dealkylation sites (N-methyl/N-ethyl adjacent to an activating group) is 1. The summed E-state index contributed by atoms with van der Waals surface area (Å²) in [6, 6.07) is 8.00. The number of rotatable bonds is 4. The van der Waals surface area contributed by atoms with Crippen LogP contribution >= 0.6 is 0 Å². The fourth-order valence-electron chi connectivity index (χ4n) is 2.54. The van der Waals surface area contributed by atoms with Gasteiger partial charge in [-0.2, -0.15) is 0 Å². The molecular weight excluding hydrogens is 238 g/mol. The van der Waals surface area contributed by atoms with Crippen molar-refractivity contribution in [2.45, 2.75) is 25.3 Å². The largest absolute Gasteiger partial charge is 0.348 e. The second-order valence-corrected chi connectivity index (χ2v) is 5.31. The molecule has 19 heavy (non-hydrogen) atoms. The van der Waals surface area contributed by atoms with E-state index in [2.05, 4.69) is 17.3 Å². The Morgan fingerprint density at radius 2 is 2.16 bits per heavy atom. The van der Waals surface area contributed by atoms with Crippen molar-refractivity contribution in [3.05, 3.63) is 35.4 Å². The van der Waals surface area contributed by atoms with Crippen LogP contribution in [0, 0.1) is 0 Å². The molecule has 0 bridgehead atoms. The second kappa shape index (κ2) is 6.68. The Labute approximate surface area is 115 Å². The Morgan fingerprint density at radius 3 is 2.79 bits per heavy atom. The number of nitrogens with one attached hydrogen (secondary N) is 1. The van der Waals surface area contributed by atoms with Crippen LogP contribution < -0.4 is 11.1 Å². The number of hydrogen-bond acceptors (Lipinski definition) is 3. The van der Waals surface area contributed by atoms with Gasteiger partial charge in [0.05, 0.1) is 0 Å². The minimum absolute atomic E-state index is 0.0274. The summed E-state index contributed by atoms with van der Waals surface area (Å²) in [6.45, 7) is 2.71. The highest BCUT2D eigenvalue weighted by Gasteiger charge is 2.19. The van der Waals surface area contributed by atoms with Gasteiger partial charge >= 0.3 is 0 Å². The first kappa shape index (κ1) is 14.0. The van der Waals surface area contributed by atoms with Gasteiger partial charge in [-0.15, -0.1) is 0 Å². The Morgan fingerprint density at radius 1 is 1.42 bits per heavy atom. The lowest BCUT2D eigenvalue weighted by atomic mass is 10.0. The Balaban J connectivity index is 1.91. The summed E-state index contributed by atoms with van der Waals surface area (Å²) in [6.07, 6.45) is 3.08. The van der Waals surface area contributed by atoms with Gasteiger partial charge in [-0.3, -0.25) is 4.79 Å². The van der Waals surface area contributed by atoms with Gasteiger partial charge in [0, 0.05) is 18.2 Å². The molecule has 1 atom stereocenters. The lowest BCUT2D eigenvalue weighted by molar-refractivity contribution is 0.0912. The minimum Gasteiger partial charge on any atom is -0.348 e. The number of benzene rings is 1. The van der Waals surface area contributed by atoms with E-state index in [-0.39, 0.29) is 11.9 Å². The average molecular weight is 261 g/mol. The quantitative estimate of drug-likeness (QED) is 0.850. The smallest absolute Gasteiger partial charge is 0.251 e. The number of amides is 1. The number of carbonyl (C=O) groups is 1. The molecule has 0 saturated carbocycles. The van der Waals surface area contributed by atoms with Gasteiger partial charge in [-0.05, 0) is 57.1 Å². The number of hydrogen-bond donors (Lipinski definition) is 2. The summed E-state index contributed by atoms with van der Waals surface area (Å²) in [5.41, 5.74) is 7.42. The van der Waals surface area contributed by atoms with Crippen LogP contribution in [0.5, 0.6) is 0 Å². The molecule has 0 spiro atoms. The first-order valence-corrected chi connectivity index (χ1v) is 6.97. The van der Waals surface area contributed by atoms with Crippen molar-refractivity contribution in [2.75, 3.05) is 26.7 Å². The third-order valence-electron chi connectivity index (χ3n) is 3.61. The van der Waals surface area contributed by atoms with E-state index < -0.39 is 0 Å². The van der Waals surface area contributed by atoms with Crippen molar-refractivity contribution in [2.24, 2.45) is 5.73 Å². The van der Waals surface area contributed by atoms with Crippen LogP contribution in [0.2, 0.25) is 0 Å². The molecule has 1 amide bonds. The van der Waals surface area contributed by atoms with Gasteiger partial charge in [0.15, 0.2) is 0 Å². The summed E-state index contributed by atoms with van der Waals surface area (Å²) < 4.78 is 0. The maximum absolute atomic E-state index is 12.1. The molecule has 2 rings (SSSR count). The van der Waals surface area contributed by atoms with Gasteiger partial charge < -0.3 is 16.0 Å². The summed E-state index contributed by atoms with van der Waals surface area (Å²) in [5, 5.41) is 3.11. The van der Waals surface area contributed by atoms with E-state index in [4.69, 9.17) is 5.73 Å². The third-order valence-corrected chi connectivity index (χ3v) is 3.61. The SMILES string of the molecule is CN1CCCC(NC(=O)c2ccc(CCN)cc2)C1. The maximum Gasteiger partial charge on any atom is 0.251 e. The molecule has 3 N–H and O–H groups in total. The van der Waals surface area contributed by atoms with Crippen LogP contribution in [0.25, 0.3) is 0 Å². The molecule has 1 aliphatic rings. The predicted molar refractivity (Wildman–Crippen MR) is 77.2 cm³/mol. The van der Waals surface area contributed by atoms with Gasteiger partial charge in [0.1, 0.15) is 0 Å². The Hall–Kier alpha value is -1.39. The number of nitrogens with two attached hydrogens (primary N) is 1. The maximum atomic E-state index is 12.1. The summed E-state index contributed by atoms with van der Waals surface area (Å²) in [7, 11) is 2.10. The van der Waals surface area contributed by atoms with E-state index in [0.717, 1.165) is 37.9 Å². The van der Waals surface area contributed by atoms with Gasteiger partial charge in [0.25, 0.3) is 5.91 Å². The van der Waals surface area contributed by atoms with E-state index in [1.54, 1.807) is 0 Å². The molecule has 0 aromatic heterocycles. The first-order valence-electron chi connectivity index (χ1n) is 6.97. The molecule has 0 aliphatic carbocycles. The zero-order valence-electron chi connectivity index (χ0n) is 11.6. The van der Waals surface area contributed by atoms with Crippen LogP contribution in [0.1, 0.15) is 28.8 Å². The van der Waals surface area contributed by atoms with E-state index in [9.17, 15) is 4.79 Å². The van der Waals surface area contributed by atoms with Crippen LogP contribution in [-0.2, 0) is 6.42 Å². The van der Waals surface area contributed by atoms with E-state index in [1.165, 1.54) is 5.56 Å². The monoisotopic (exact) mass is 261 g/mol. The zero-order chi connectivity index (χ0) is 13.7. The zero-order valence-corrected chi connectivity index (χ0v) is 11.6. The second-order valence-electron chi connectivity index (χ2n) is 5.31. The molecule has 1 aromatic carbocycles. The number of piperidine rings is 1. The topological polar surface area (TPSA) is 58.4 Å². The van der Waals surface area contributed by atoms with Crippen molar-refractivity contribution in [1.29, 1.82) is 0 Å². The van der Waals surface area contributed by atoms with Crippen molar-refractivity contribution in [1.82, 2.24) is 10.2 Å². The fraction of sp³-hybridized carbons (Fsp3) is 0.533. The predicted octanol–water partition coefficient (Wildman–Crippen LogP) is 1.01. The van der Waals surface area contributed by atoms with E-state index in [0.29, 0.717) is 6.54 Å². The average Bonchev–Trinajstić information content (AvgIpc) is 2.40. The van der Waals surface area contributed by atoms with E-state index >= 15 is 0 Å². The van der Waals surface area contributed by atoms with Gasteiger partial charge in [-0.25, -0.2) is 0 Å². The molecule has 104 valence electrons. The van der Waals surface area contributed by atoms with Crippen LogP contribution in [0.3, 0.4) is 0 Å². The number of likely N-dealkylation sites (tertiary alicyclic amines) is 1. The lowest BCUT2D eigenvalue weighted by Gasteiger charge is -2.30. The van der Waals surface area contributed by atoms with Crippen molar-refractivity contribution >= 4 is 5.91 Å². The fourth-order valence-corrected chi connectivity index (χ4v) is 2.54. The molecule has 1 aromatic rings. The molecular formula is C15H23N3O. The number of carbonyl (C=O) groups excluding carboxylic acids is 1. The first-order chi connectivity index (χ1) is 9.19. The molecule has 1 fully saturated rings. The van der Waals surface area contributed by atoms with Gasteiger partial charge in [0.2, 0.25) is 0 Å². The normalized spacial score (nSPS) is 20.2. The Bertz CT molecular complexity index is 416. The Kier molecular flexibility index (Phi) is 4.93. The highest BCUT2D eigenvalue weighted by atomic mass is 16.1. The van der Waals surface area contributed by atoms with Crippen LogP contribution in [-0.4, -0.2) is 43.5 Å². The molecule has 1 saturated heterocycles. The summed E-state index contributed by atoms with van der Waals surface area (Å²) in [5.74, 6) is 0.0274. The van der Waals surface area contributed by atoms with Crippen molar-refractivity contribution in [3.63, 3.8) is 0 Å². The molecule has 0 radical (unpaired) electrons. The summed E-state index contributed by atoms with van der Waals surface area (Å²) >= 11 is 0. The van der Waals surface area contributed by atoms with E-state index in [1.807, 2.05) is 24.3 Å². The molecule has 1 heterocycles. The van der Waals surface area contributed by atoms with Crippen molar-refractivity contribution in [3.8, 4) is 0 Å². The number of nitrogens with zero attached hydrogens (tertiary/aromatic N) is 1. The van der Waals surface area contributed by atoms with Crippen LogP contribution in [0.15, 0.2) is 24.3 Å². The standard InChI is InChI=1S/C15H23N3O/c1-18-10-2-3-14(11-18)17-15(19)13-6-4-12(5-7-13)8-9-16/h4-7,14H,2-3,8-11,16H2,1H3,(H,17,19). The van der Waals surface area contributed by atoms with Gasteiger partial charge in [-0.1, -0.05) is 12.1 Å². The molecule has 4 nitrogen and oxygen atoms in total. The highest BCUT2D eigenvalue weighted by Crippen LogP contribution is 2.10. The van der Waals surface area contributed by atoms with Crippen molar-refractivity contribution < 1.29 is 4.79 Å².